The second kappa shape index (κ2) is 4.92. The van der Waals surface area contributed by atoms with Gasteiger partial charge in [-0.2, -0.15) is 0 Å². The second-order valence-electron chi connectivity index (χ2n) is 3.03. The molecular formula is C10H11BrN2OS. The average Bonchev–Trinajstić information content (AvgIpc) is 2.83. The molecule has 1 N–H and O–H groups in total. The van der Waals surface area contributed by atoms with Crippen LogP contribution >= 0.6 is 27.3 Å². The van der Waals surface area contributed by atoms with Gasteiger partial charge in [0.05, 0.1) is 14.4 Å². The molecular weight excluding hydrogens is 276 g/mol. The third kappa shape index (κ3) is 2.68. The molecule has 5 heteroatoms. The number of rotatable bonds is 4. The Balaban J connectivity index is 2.13. The molecule has 0 bridgehead atoms. The van der Waals surface area contributed by atoms with Gasteiger partial charge in [0.1, 0.15) is 6.26 Å². The molecule has 2 aromatic rings. The van der Waals surface area contributed by atoms with E-state index in [1.54, 1.807) is 17.6 Å². The summed E-state index contributed by atoms with van der Waals surface area (Å²) in [5.41, 5.74) is 0.941. The molecule has 80 valence electrons. The van der Waals surface area contributed by atoms with Crippen molar-refractivity contribution in [1.29, 1.82) is 0 Å². The average molecular weight is 287 g/mol. The first kappa shape index (κ1) is 10.9. The fourth-order valence-corrected chi connectivity index (χ4v) is 2.50. The van der Waals surface area contributed by atoms with Crippen LogP contribution in [0.4, 0.5) is 0 Å². The van der Waals surface area contributed by atoms with Gasteiger partial charge in [-0.15, -0.1) is 11.3 Å². The lowest BCUT2D eigenvalue weighted by molar-refractivity contribution is 0.572. The van der Waals surface area contributed by atoms with E-state index in [0.717, 1.165) is 27.4 Å². The minimum Gasteiger partial charge on any atom is -0.444 e. The Morgan fingerprint density at radius 2 is 2.40 bits per heavy atom. The SMILES string of the molecule is CCNCc1coc(-c2ccc(Br)s2)n1. The van der Waals surface area contributed by atoms with Gasteiger partial charge >= 0.3 is 0 Å². The highest BCUT2D eigenvalue weighted by Crippen LogP contribution is 2.30. The Bertz CT molecular complexity index is 438. The van der Waals surface area contributed by atoms with Crippen LogP contribution in [-0.4, -0.2) is 11.5 Å². The summed E-state index contributed by atoms with van der Waals surface area (Å²) in [6, 6.07) is 3.99. The van der Waals surface area contributed by atoms with Gasteiger partial charge in [-0.05, 0) is 34.6 Å². The first-order chi connectivity index (χ1) is 7.29. The van der Waals surface area contributed by atoms with Gasteiger partial charge in [0.2, 0.25) is 5.89 Å². The third-order valence-corrected chi connectivity index (χ3v) is 3.50. The smallest absolute Gasteiger partial charge is 0.236 e. The topological polar surface area (TPSA) is 38.1 Å². The predicted molar refractivity (Wildman–Crippen MR) is 64.9 cm³/mol. The van der Waals surface area contributed by atoms with Crippen LogP contribution in [0.1, 0.15) is 12.6 Å². The van der Waals surface area contributed by atoms with E-state index in [1.807, 2.05) is 12.1 Å². The van der Waals surface area contributed by atoms with Gasteiger partial charge < -0.3 is 9.73 Å². The van der Waals surface area contributed by atoms with Crippen LogP contribution in [0.2, 0.25) is 0 Å². The largest absolute Gasteiger partial charge is 0.444 e. The lowest BCUT2D eigenvalue weighted by Crippen LogP contribution is -2.11. The zero-order valence-corrected chi connectivity index (χ0v) is 10.7. The number of aromatic nitrogens is 1. The molecule has 2 rings (SSSR count). The monoisotopic (exact) mass is 286 g/mol. The Morgan fingerprint density at radius 3 is 3.07 bits per heavy atom. The van der Waals surface area contributed by atoms with Crippen LogP contribution in [0, 0.1) is 0 Å². The van der Waals surface area contributed by atoms with Crippen LogP contribution in [-0.2, 0) is 6.54 Å². The van der Waals surface area contributed by atoms with Crippen molar-refractivity contribution >= 4 is 27.3 Å². The van der Waals surface area contributed by atoms with Crippen molar-refractivity contribution in [3.63, 3.8) is 0 Å². The molecule has 0 aromatic carbocycles. The van der Waals surface area contributed by atoms with Crippen molar-refractivity contribution in [2.75, 3.05) is 6.54 Å². The van der Waals surface area contributed by atoms with Gasteiger partial charge in [0.25, 0.3) is 0 Å². The molecule has 0 radical (unpaired) electrons. The maximum absolute atomic E-state index is 5.40. The molecule has 0 unspecified atom stereocenters. The highest BCUT2D eigenvalue weighted by atomic mass is 79.9. The maximum Gasteiger partial charge on any atom is 0.236 e. The summed E-state index contributed by atoms with van der Waals surface area (Å²) in [5, 5.41) is 3.21. The summed E-state index contributed by atoms with van der Waals surface area (Å²) in [6.45, 7) is 3.76. The minimum absolute atomic E-state index is 0.693. The van der Waals surface area contributed by atoms with Gasteiger partial charge in [0.15, 0.2) is 0 Å². The molecule has 0 aliphatic heterocycles. The Kier molecular flexibility index (Phi) is 3.56. The summed E-state index contributed by atoms with van der Waals surface area (Å²) in [6.07, 6.45) is 1.70. The lowest BCUT2D eigenvalue weighted by Gasteiger charge is -1.93. The van der Waals surface area contributed by atoms with Crippen LogP contribution in [0.5, 0.6) is 0 Å². The van der Waals surface area contributed by atoms with E-state index in [2.05, 4.69) is 33.2 Å². The highest BCUT2D eigenvalue weighted by Gasteiger charge is 2.08. The molecule has 0 saturated heterocycles. The molecule has 0 saturated carbocycles. The van der Waals surface area contributed by atoms with Crippen LogP contribution < -0.4 is 5.32 Å². The van der Waals surface area contributed by atoms with Crippen molar-refractivity contribution in [3.05, 3.63) is 27.9 Å². The molecule has 0 spiro atoms. The number of nitrogens with one attached hydrogen (secondary N) is 1. The van der Waals surface area contributed by atoms with Gasteiger partial charge in [0, 0.05) is 6.54 Å². The van der Waals surface area contributed by atoms with E-state index in [9.17, 15) is 0 Å². The van der Waals surface area contributed by atoms with Crippen molar-refractivity contribution in [2.24, 2.45) is 0 Å². The fraction of sp³-hybridized carbons (Fsp3) is 0.300. The summed E-state index contributed by atoms with van der Waals surface area (Å²) in [7, 11) is 0. The van der Waals surface area contributed by atoms with Crippen LogP contribution in [0.3, 0.4) is 0 Å². The summed E-state index contributed by atoms with van der Waals surface area (Å²) < 4.78 is 6.49. The maximum atomic E-state index is 5.40. The normalized spacial score (nSPS) is 10.8. The number of halogens is 1. The quantitative estimate of drug-likeness (QED) is 0.937. The van der Waals surface area contributed by atoms with Crippen molar-refractivity contribution < 1.29 is 4.42 Å². The van der Waals surface area contributed by atoms with Gasteiger partial charge in [-0.3, -0.25) is 0 Å². The van der Waals surface area contributed by atoms with Gasteiger partial charge in [-0.1, -0.05) is 6.92 Å². The van der Waals surface area contributed by atoms with E-state index < -0.39 is 0 Å². The van der Waals surface area contributed by atoms with E-state index in [4.69, 9.17) is 4.42 Å². The molecule has 2 aromatic heterocycles. The van der Waals surface area contributed by atoms with E-state index >= 15 is 0 Å². The van der Waals surface area contributed by atoms with E-state index in [0.29, 0.717) is 5.89 Å². The Labute approximate surface area is 101 Å². The summed E-state index contributed by atoms with van der Waals surface area (Å²) in [4.78, 5) is 5.44. The van der Waals surface area contributed by atoms with Crippen molar-refractivity contribution in [1.82, 2.24) is 10.3 Å². The number of hydrogen-bond acceptors (Lipinski definition) is 4. The lowest BCUT2D eigenvalue weighted by atomic mass is 10.4. The molecule has 15 heavy (non-hydrogen) atoms. The first-order valence-corrected chi connectivity index (χ1v) is 6.31. The van der Waals surface area contributed by atoms with E-state index in [-0.39, 0.29) is 0 Å². The third-order valence-electron chi connectivity index (χ3n) is 1.89. The van der Waals surface area contributed by atoms with Gasteiger partial charge in [-0.25, -0.2) is 4.98 Å². The van der Waals surface area contributed by atoms with Crippen molar-refractivity contribution in [2.45, 2.75) is 13.5 Å². The number of nitrogens with zero attached hydrogens (tertiary/aromatic N) is 1. The van der Waals surface area contributed by atoms with Crippen LogP contribution in [0.15, 0.2) is 26.6 Å². The molecule has 0 aliphatic rings. The Morgan fingerprint density at radius 1 is 1.53 bits per heavy atom. The second-order valence-corrected chi connectivity index (χ2v) is 5.49. The summed E-state index contributed by atoms with van der Waals surface area (Å²) in [5.74, 6) is 0.693. The van der Waals surface area contributed by atoms with Crippen molar-refractivity contribution in [3.8, 4) is 10.8 Å². The van der Waals surface area contributed by atoms with E-state index in [1.165, 1.54) is 0 Å². The Hall–Kier alpha value is -0.650. The molecule has 2 heterocycles. The minimum atomic E-state index is 0.693. The zero-order chi connectivity index (χ0) is 10.7. The molecule has 0 amide bonds. The van der Waals surface area contributed by atoms with Crippen LogP contribution in [0.25, 0.3) is 10.8 Å². The molecule has 0 aliphatic carbocycles. The highest BCUT2D eigenvalue weighted by molar-refractivity contribution is 9.11. The number of thiophene rings is 1. The standard InChI is InChI=1S/C10H11BrN2OS/c1-2-12-5-7-6-14-10(13-7)8-3-4-9(11)15-8/h3-4,6,12H,2,5H2,1H3. The molecule has 0 atom stereocenters. The first-order valence-electron chi connectivity index (χ1n) is 4.70. The fourth-order valence-electron chi connectivity index (χ4n) is 1.18. The number of hydrogen-bond donors (Lipinski definition) is 1. The molecule has 0 fully saturated rings. The summed E-state index contributed by atoms with van der Waals surface area (Å²) >= 11 is 5.03. The number of oxazole rings is 1. The molecule has 3 nitrogen and oxygen atoms in total. The predicted octanol–water partition coefficient (Wildman–Crippen LogP) is 3.28. The zero-order valence-electron chi connectivity index (χ0n) is 8.29.